The van der Waals surface area contributed by atoms with Crippen molar-refractivity contribution in [3.05, 3.63) is 106 Å². The van der Waals surface area contributed by atoms with Crippen LogP contribution in [0.4, 0.5) is 10.1 Å². The molecule has 6 heteroatoms. The molecule has 1 saturated carbocycles. The summed E-state index contributed by atoms with van der Waals surface area (Å²) in [5, 5.41) is 9.60. The molecule has 5 rings (SSSR count). The highest BCUT2D eigenvalue weighted by atomic mass is 35.5. The Labute approximate surface area is 196 Å². The van der Waals surface area contributed by atoms with Gasteiger partial charge in [-0.2, -0.15) is 0 Å². The smallest absolute Gasteiger partial charge is 0.328 e. The lowest BCUT2D eigenvalue weighted by Crippen LogP contribution is -2.14. The lowest BCUT2D eigenvalue weighted by Gasteiger charge is -2.19. The van der Waals surface area contributed by atoms with Crippen LogP contribution in [-0.2, 0) is 4.79 Å². The minimum absolute atomic E-state index is 0.372. The van der Waals surface area contributed by atoms with Crippen molar-refractivity contribution >= 4 is 40.5 Å². The van der Waals surface area contributed by atoms with Gasteiger partial charge in [-0.1, -0.05) is 60.1 Å². The van der Waals surface area contributed by atoms with Crippen LogP contribution in [0.1, 0.15) is 47.0 Å². The van der Waals surface area contributed by atoms with E-state index < -0.39 is 12.3 Å². The molecule has 1 fully saturated rings. The maximum atomic E-state index is 14.5. The Bertz CT molecular complexity index is 1280. The zero-order valence-electron chi connectivity index (χ0n) is 17.7. The highest BCUT2D eigenvalue weighted by Gasteiger charge is 2.32. The molecule has 1 heterocycles. The molecule has 0 amide bonds. The number of fused-ring (bicyclic) bond motifs is 1. The molecule has 33 heavy (non-hydrogen) atoms. The van der Waals surface area contributed by atoms with Crippen molar-refractivity contribution < 1.29 is 14.3 Å². The fraction of sp³-hybridized carbons (Fsp3) is 0.148. The summed E-state index contributed by atoms with van der Waals surface area (Å²) in [6, 6.07) is 21.3. The number of anilines is 1. The molecule has 3 aromatic carbocycles. The molecular formula is C27H22ClFN2O2. The number of halogens is 2. The molecule has 4 nitrogen and oxygen atoms in total. The first-order chi connectivity index (χ1) is 16.0. The van der Waals surface area contributed by atoms with Gasteiger partial charge in [-0.15, -0.1) is 0 Å². The Kier molecular flexibility index (Phi) is 5.75. The van der Waals surface area contributed by atoms with Crippen molar-refractivity contribution in [1.29, 1.82) is 0 Å². The lowest BCUT2D eigenvalue weighted by molar-refractivity contribution is -0.131. The monoisotopic (exact) mass is 460 g/mol. The van der Waals surface area contributed by atoms with E-state index >= 15 is 0 Å². The van der Waals surface area contributed by atoms with Gasteiger partial charge in [-0.05, 0) is 76.4 Å². The number of hydrogen-bond acceptors (Lipinski definition) is 3. The third-order valence-electron chi connectivity index (χ3n) is 5.98. The first-order valence-corrected chi connectivity index (χ1v) is 11.2. The van der Waals surface area contributed by atoms with Crippen LogP contribution >= 0.6 is 11.6 Å². The van der Waals surface area contributed by atoms with Crippen molar-refractivity contribution in [2.45, 2.75) is 19.1 Å². The van der Waals surface area contributed by atoms with Gasteiger partial charge in [0.05, 0.1) is 5.69 Å². The molecule has 2 aliphatic rings. The highest BCUT2D eigenvalue weighted by molar-refractivity contribution is 6.32. The average Bonchev–Trinajstić information content (AvgIpc) is 3.59. The topological polar surface area (TPSA) is 61.4 Å². The maximum Gasteiger partial charge on any atom is 0.328 e. The van der Waals surface area contributed by atoms with Gasteiger partial charge in [0, 0.05) is 16.7 Å². The largest absolute Gasteiger partial charge is 0.478 e. The van der Waals surface area contributed by atoms with Gasteiger partial charge in [-0.3, -0.25) is 0 Å². The van der Waals surface area contributed by atoms with Gasteiger partial charge in [0.2, 0.25) is 0 Å². The fourth-order valence-electron chi connectivity index (χ4n) is 4.28. The molecule has 0 saturated heterocycles. The summed E-state index contributed by atoms with van der Waals surface area (Å²) in [4.78, 5) is 10.9. The van der Waals surface area contributed by atoms with E-state index in [0.29, 0.717) is 16.5 Å². The number of hydrogen-bond donors (Lipinski definition) is 3. The molecule has 166 valence electrons. The Balaban J connectivity index is 1.71. The van der Waals surface area contributed by atoms with Crippen LogP contribution in [0.15, 0.2) is 72.8 Å². The predicted octanol–water partition coefficient (Wildman–Crippen LogP) is 6.71. The average molecular weight is 461 g/mol. The second-order valence-corrected chi connectivity index (χ2v) is 8.68. The quantitative estimate of drug-likeness (QED) is 0.217. The SMILES string of the molecule is O=C(O)/C=C/c1ccc(/C(=C(\c2ccccc2Cl)C2CC2)c2ccc3c(c2)C(F)NN3)cc1. The molecule has 3 N–H and O–H groups in total. The van der Waals surface area contributed by atoms with E-state index in [9.17, 15) is 9.18 Å². The molecule has 1 atom stereocenters. The van der Waals surface area contributed by atoms with E-state index in [1.807, 2.05) is 66.7 Å². The normalized spacial score (nSPS) is 18.1. The number of carbonyl (C=O) groups is 1. The van der Waals surface area contributed by atoms with Crippen molar-refractivity contribution in [1.82, 2.24) is 5.43 Å². The molecule has 1 aliphatic heterocycles. The zero-order chi connectivity index (χ0) is 22.9. The molecule has 1 unspecified atom stereocenters. The second-order valence-electron chi connectivity index (χ2n) is 8.27. The summed E-state index contributed by atoms with van der Waals surface area (Å²) < 4.78 is 14.5. The number of carboxylic acids is 1. The van der Waals surface area contributed by atoms with E-state index in [4.69, 9.17) is 16.7 Å². The van der Waals surface area contributed by atoms with E-state index in [-0.39, 0.29) is 0 Å². The summed E-state index contributed by atoms with van der Waals surface area (Å²) in [5.74, 6) is -0.618. The van der Waals surface area contributed by atoms with Gasteiger partial charge in [-0.25, -0.2) is 14.6 Å². The first-order valence-electron chi connectivity index (χ1n) is 10.8. The summed E-state index contributed by atoms with van der Waals surface area (Å²) in [5.41, 5.74) is 12.6. The number of rotatable bonds is 6. The van der Waals surface area contributed by atoms with Crippen molar-refractivity contribution in [3.63, 3.8) is 0 Å². The standard InChI is InChI=1S/C27H22ClFN2O2/c28-22-4-2-1-3-20(22)26(18-10-11-18)25(17-8-5-16(6-9-17)7-14-24(32)33)19-12-13-23-21(15-19)27(29)31-30-23/h1-9,12-15,18,27,30-31H,10-11H2,(H,32,33)/b14-7+,26-25+. The van der Waals surface area contributed by atoms with Crippen molar-refractivity contribution in [3.8, 4) is 0 Å². The van der Waals surface area contributed by atoms with Crippen LogP contribution in [0.2, 0.25) is 5.02 Å². The summed E-state index contributed by atoms with van der Waals surface area (Å²) in [7, 11) is 0. The molecule has 0 spiro atoms. The van der Waals surface area contributed by atoms with Gasteiger partial charge in [0.1, 0.15) is 0 Å². The van der Waals surface area contributed by atoms with Crippen molar-refractivity contribution in [2.75, 3.05) is 5.43 Å². The highest BCUT2D eigenvalue weighted by Crippen LogP contribution is 2.49. The first kappa shape index (κ1) is 21.4. The zero-order valence-corrected chi connectivity index (χ0v) is 18.4. The minimum atomic E-state index is -1.28. The number of benzene rings is 3. The van der Waals surface area contributed by atoms with Crippen LogP contribution in [0.25, 0.3) is 17.2 Å². The fourth-order valence-corrected chi connectivity index (χ4v) is 4.51. The Hall–Kier alpha value is -3.41. The molecule has 3 aromatic rings. The van der Waals surface area contributed by atoms with Crippen LogP contribution in [0.3, 0.4) is 0 Å². The van der Waals surface area contributed by atoms with Gasteiger partial charge in [0.25, 0.3) is 0 Å². The Morgan fingerprint density at radius 3 is 2.45 bits per heavy atom. The number of aliphatic carboxylic acids is 1. The Morgan fingerprint density at radius 1 is 1.03 bits per heavy atom. The number of hydrazine groups is 1. The van der Waals surface area contributed by atoms with Crippen LogP contribution < -0.4 is 10.9 Å². The molecule has 0 aromatic heterocycles. The molecule has 0 radical (unpaired) electrons. The number of carboxylic acid groups (broad SMARTS) is 1. The number of alkyl halides is 1. The maximum absolute atomic E-state index is 14.5. The Morgan fingerprint density at radius 2 is 1.76 bits per heavy atom. The summed E-state index contributed by atoms with van der Waals surface area (Å²) >= 11 is 6.64. The number of allylic oxidation sites excluding steroid dienone is 1. The van der Waals surface area contributed by atoms with E-state index in [0.717, 1.165) is 58.0 Å². The van der Waals surface area contributed by atoms with Gasteiger partial charge < -0.3 is 10.5 Å². The summed E-state index contributed by atoms with van der Waals surface area (Å²) in [6.45, 7) is 0. The lowest BCUT2D eigenvalue weighted by atomic mass is 9.86. The predicted molar refractivity (Wildman–Crippen MR) is 130 cm³/mol. The van der Waals surface area contributed by atoms with E-state index in [2.05, 4.69) is 10.9 Å². The summed E-state index contributed by atoms with van der Waals surface area (Å²) in [6.07, 6.45) is 3.54. The molecular weight excluding hydrogens is 439 g/mol. The molecule has 0 bridgehead atoms. The van der Waals surface area contributed by atoms with Crippen molar-refractivity contribution in [2.24, 2.45) is 5.92 Å². The van der Waals surface area contributed by atoms with Crippen LogP contribution in [-0.4, -0.2) is 11.1 Å². The van der Waals surface area contributed by atoms with Gasteiger partial charge >= 0.3 is 5.97 Å². The van der Waals surface area contributed by atoms with E-state index in [1.54, 1.807) is 6.08 Å². The van der Waals surface area contributed by atoms with E-state index in [1.165, 1.54) is 0 Å². The second kappa shape index (κ2) is 8.85. The van der Waals surface area contributed by atoms with Gasteiger partial charge in [0.15, 0.2) is 6.30 Å². The minimum Gasteiger partial charge on any atom is -0.478 e. The van der Waals surface area contributed by atoms with Crippen LogP contribution in [0.5, 0.6) is 0 Å². The third-order valence-corrected chi connectivity index (χ3v) is 6.31. The number of nitrogens with one attached hydrogen (secondary N) is 2. The third kappa shape index (κ3) is 4.42. The molecule has 1 aliphatic carbocycles. The van der Waals surface area contributed by atoms with Crippen LogP contribution in [0, 0.1) is 5.92 Å².